The molecule has 0 aromatic carbocycles. The minimum Gasteiger partial charge on any atom is -0.342 e. The van der Waals surface area contributed by atoms with E-state index in [0.717, 1.165) is 36.9 Å². The van der Waals surface area contributed by atoms with Gasteiger partial charge in [0.05, 0.1) is 11.8 Å². The number of likely N-dealkylation sites (tertiary alicyclic amines) is 1. The van der Waals surface area contributed by atoms with Crippen molar-refractivity contribution in [1.82, 2.24) is 19.7 Å². The fourth-order valence-electron chi connectivity index (χ4n) is 2.03. The average Bonchev–Trinajstić information content (AvgIpc) is 2.99. The van der Waals surface area contributed by atoms with Crippen LogP contribution in [0.25, 0.3) is 0 Å². The summed E-state index contributed by atoms with van der Waals surface area (Å²) in [5.74, 6) is 0.924. The first-order valence-electron chi connectivity index (χ1n) is 6.17. The molecule has 6 nitrogen and oxygen atoms in total. The number of amides is 1. The van der Waals surface area contributed by atoms with Gasteiger partial charge in [-0.05, 0) is 19.8 Å². The fourth-order valence-corrected chi connectivity index (χ4v) is 2.95. The van der Waals surface area contributed by atoms with Gasteiger partial charge in [0.1, 0.15) is 5.82 Å². The van der Waals surface area contributed by atoms with Gasteiger partial charge in [-0.15, -0.1) is 10.2 Å². The lowest BCUT2D eigenvalue weighted by Gasteiger charge is -2.19. The highest BCUT2D eigenvalue weighted by Gasteiger charge is 2.25. The van der Waals surface area contributed by atoms with Crippen LogP contribution in [0.5, 0.6) is 0 Å². The summed E-state index contributed by atoms with van der Waals surface area (Å²) < 4.78 is 1.85. The summed E-state index contributed by atoms with van der Waals surface area (Å²) in [6, 6.07) is 0. The van der Waals surface area contributed by atoms with Gasteiger partial charge in [0, 0.05) is 20.1 Å². The third-order valence-corrected chi connectivity index (χ3v) is 4.28. The first-order chi connectivity index (χ1) is 8.63. The Bertz CT molecular complexity index is 427. The quantitative estimate of drug-likeness (QED) is 0.799. The van der Waals surface area contributed by atoms with E-state index in [4.69, 9.17) is 5.73 Å². The Labute approximate surface area is 111 Å². The van der Waals surface area contributed by atoms with Gasteiger partial charge in [0.25, 0.3) is 0 Å². The van der Waals surface area contributed by atoms with Crippen molar-refractivity contribution in [3.8, 4) is 0 Å². The van der Waals surface area contributed by atoms with Gasteiger partial charge in [-0.25, -0.2) is 0 Å². The molecule has 1 saturated heterocycles. The maximum Gasteiger partial charge on any atom is 0.235 e. The third kappa shape index (κ3) is 2.67. The van der Waals surface area contributed by atoms with Gasteiger partial charge in [-0.1, -0.05) is 11.8 Å². The largest absolute Gasteiger partial charge is 0.342 e. The SMILES string of the molecule is C[C@@H](Sc1nnc(CN)n1C)C(=O)N1CCCC1. The predicted molar refractivity (Wildman–Crippen MR) is 70.0 cm³/mol. The molecule has 0 unspecified atom stereocenters. The van der Waals surface area contributed by atoms with E-state index in [1.165, 1.54) is 11.8 Å². The molecule has 1 amide bonds. The van der Waals surface area contributed by atoms with Crippen molar-refractivity contribution in [2.45, 2.75) is 36.7 Å². The molecule has 1 aliphatic heterocycles. The highest BCUT2D eigenvalue weighted by molar-refractivity contribution is 8.00. The second-order valence-electron chi connectivity index (χ2n) is 4.45. The molecule has 1 aliphatic rings. The lowest BCUT2D eigenvalue weighted by atomic mass is 10.4. The van der Waals surface area contributed by atoms with Crippen LogP contribution >= 0.6 is 11.8 Å². The monoisotopic (exact) mass is 269 g/mol. The van der Waals surface area contributed by atoms with Crippen LogP contribution < -0.4 is 5.73 Å². The third-order valence-electron chi connectivity index (χ3n) is 3.16. The molecule has 7 heteroatoms. The molecule has 2 N–H and O–H groups in total. The van der Waals surface area contributed by atoms with Crippen molar-refractivity contribution in [3.05, 3.63) is 5.82 Å². The highest BCUT2D eigenvalue weighted by atomic mass is 32.2. The lowest BCUT2D eigenvalue weighted by Crippen LogP contribution is -2.34. The van der Waals surface area contributed by atoms with Crippen LogP contribution in [0.1, 0.15) is 25.6 Å². The Balaban J connectivity index is 1.99. The van der Waals surface area contributed by atoms with Crippen LogP contribution in [0.4, 0.5) is 0 Å². The minimum absolute atomic E-state index is 0.128. The smallest absolute Gasteiger partial charge is 0.235 e. The normalized spacial score (nSPS) is 17.2. The van der Waals surface area contributed by atoms with E-state index in [-0.39, 0.29) is 11.2 Å². The van der Waals surface area contributed by atoms with Crippen LogP contribution in [0, 0.1) is 0 Å². The van der Waals surface area contributed by atoms with Crippen molar-refractivity contribution in [2.24, 2.45) is 12.8 Å². The minimum atomic E-state index is -0.128. The Morgan fingerprint density at radius 1 is 1.44 bits per heavy atom. The average molecular weight is 269 g/mol. The van der Waals surface area contributed by atoms with Crippen molar-refractivity contribution in [1.29, 1.82) is 0 Å². The number of carbonyl (C=O) groups is 1. The van der Waals surface area contributed by atoms with Crippen molar-refractivity contribution < 1.29 is 4.79 Å². The van der Waals surface area contributed by atoms with E-state index in [9.17, 15) is 4.79 Å². The molecule has 0 saturated carbocycles. The molecule has 2 heterocycles. The molecule has 1 aromatic rings. The van der Waals surface area contributed by atoms with Gasteiger partial charge in [-0.3, -0.25) is 4.79 Å². The summed E-state index contributed by atoms with van der Waals surface area (Å²) in [7, 11) is 1.87. The fraction of sp³-hybridized carbons (Fsp3) is 0.727. The zero-order valence-corrected chi connectivity index (χ0v) is 11.6. The molecule has 2 rings (SSSR count). The zero-order chi connectivity index (χ0) is 13.1. The maximum atomic E-state index is 12.2. The number of nitrogens with two attached hydrogens (primary N) is 1. The highest BCUT2D eigenvalue weighted by Crippen LogP contribution is 2.24. The van der Waals surface area contributed by atoms with Crippen LogP contribution in [0.2, 0.25) is 0 Å². The summed E-state index contributed by atoms with van der Waals surface area (Å²) in [6.07, 6.45) is 2.23. The standard InChI is InChI=1S/C11H19N5OS/c1-8(10(17)16-5-3-4-6-16)18-11-14-13-9(7-12)15(11)2/h8H,3-7,12H2,1-2H3/t8-/m1/s1. The van der Waals surface area contributed by atoms with Crippen molar-refractivity contribution in [3.63, 3.8) is 0 Å². The van der Waals surface area contributed by atoms with E-state index in [0.29, 0.717) is 6.54 Å². The first kappa shape index (κ1) is 13.4. The van der Waals surface area contributed by atoms with Gasteiger partial charge >= 0.3 is 0 Å². The Hall–Kier alpha value is -1.08. The van der Waals surface area contributed by atoms with E-state index in [1.54, 1.807) is 0 Å². The Morgan fingerprint density at radius 3 is 2.67 bits per heavy atom. The van der Waals surface area contributed by atoms with Gasteiger partial charge < -0.3 is 15.2 Å². The molecular formula is C11H19N5OS. The Morgan fingerprint density at radius 2 is 2.11 bits per heavy atom. The first-order valence-corrected chi connectivity index (χ1v) is 7.05. The van der Waals surface area contributed by atoms with Crippen LogP contribution in [-0.2, 0) is 18.4 Å². The van der Waals surface area contributed by atoms with E-state index < -0.39 is 0 Å². The number of aromatic nitrogens is 3. The second-order valence-corrected chi connectivity index (χ2v) is 5.76. The number of rotatable bonds is 4. The molecule has 0 radical (unpaired) electrons. The molecular weight excluding hydrogens is 250 g/mol. The maximum absolute atomic E-state index is 12.2. The van der Waals surface area contributed by atoms with E-state index >= 15 is 0 Å². The topological polar surface area (TPSA) is 77.0 Å². The second kappa shape index (κ2) is 5.71. The molecule has 18 heavy (non-hydrogen) atoms. The molecule has 1 fully saturated rings. The van der Waals surface area contributed by atoms with Crippen molar-refractivity contribution >= 4 is 17.7 Å². The predicted octanol–water partition coefficient (Wildman–Crippen LogP) is 0.377. The lowest BCUT2D eigenvalue weighted by molar-refractivity contribution is -0.129. The zero-order valence-electron chi connectivity index (χ0n) is 10.8. The molecule has 0 bridgehead atoms. The molecule has 1 aromatic heterocycles. The van der Waals surface area contributed by atoms with E-state index in [1.807, 2.05) is 23.4 Å². The van der Waals surface area contributed by atoms with Gasteiger partial charge in [0.15, 0.2) is 5.16 Å². The molecule has 100 valence electrons. The number of carbonyl (C=O) groups excluding carboxylic acids is 1. The summed E-state index contributed by atoms with van der Waals surface area (Å²) >= 11 is 1.44. The van der Waals surface area contributed by atoms with E-state index in [2.05, 4.69) is 10.2 Å². The molecule has 0 aliphatic carbocycles. The summed E-state index contributed by atoms with van der Waals surface area (Å²) in [4.78, 5) is 14.1. The molecule has 0 spiro atoms. The number of hydrogen-bond donors (Lipinski definition) is 1. The Kier molecular flexibility index (Phi) is 4.23. The van der Waals surface area contributed by atoms with Crippen molar-refractivity contribution in [2.75, 3.05) is 13.1 Å². The van der Waals surface area contributed by atoms with Crippen LogP contribution in [0.3, 0.4) is 0 Å². The van der Waals surface area contributed by atoms with Gasteiger partial charge in [0.2, 0.25) is 5.91 Å². The number of thioether (sulfide) groups is 1. The number of nitrogens with zero attached hydrogens (tertiary/aromatic N) is 4. The number of hydrogen-bond acceptors (Lipinski definition) is 5. The summed E-state index contributed by atoms with van der Waals surface area (Å²) in [6.45, 7) is 4.05. The van der Waals surface area contributed by atoms with Crippen LogP contribution in [-0.4, -0.2) is 43.9 Å². The molecule has 1 atom stereocenters. The van der Waals surface area contributed by atoms with Crippen LogP contribution in [0.15, 0.2) is 5.16 Å². The summed E-state index contributed by atoms with van der Waals surface area (Å²) in [5, 5.41) is 8.66. The van der Waals surface area contributed by atoms with Gasteiger partial charge in [-0.2, -0.15) is 0 Å². The summed E-state index contributed by atoms with van der Waals surface area (Å²) in [5.41, 5.74) is 5.55.